The van der Waals surface area contributed by atoms with Crippen LogP contribution in [0.1, 0.15) is 16.1 Å². The van der Waals surface area contributed by atoms with Crippen molar-refractivity contribution in [2.75, 3.05) is 5.32 Å². The summed E-state index contributed by atoms with van der Waals surface area (Å²) in [5.41, 5.74) is 0.187. The number of carbonyl (C=O) groups is 2. The first-order valence-electron chi connectivity index (χ1n) is 5.90. The molecule has 0 saturated heterocycles. The zero-order chi connectivity index (χ0) is 15.2. The van der Waals surface area contributed by atoms with Crippen molar-refractivity contribution in [3.05, 3.63) is 59.6 Å². The summed E-state index contributed by atoms with van der Waals surface area (Å²) in [4.78, 5) is 22.8. The van der Waals surface area contributed by atoms with Gasteiger partial charge in [0.25, 0.3) is 5.91 Å². The maximum absolute atomic E-state index is 12.0. The second-order valence-electron chi connectivity index (χ2n) is 4.03. The number of carboxylic acids is 1. The minimum Gasteiger partial charge on any atom is -0.478 e. The molecule has 1 aromatic heterocycles. The quantitative estimate of drug-likeness (QED) is 0.662. The number of anilines is 1. The maximum Gasteiger partial charge on any atom is 0.335 e. The predicted octanol–water partition coefficient (Wildman–Crippen LogP) is 2.52. The molecule has 21 heavy (non-hydrogen) atoms. The summed E-state index contributed by atoms with van der Waals surface area (Å²) < 4.78 is 5.03. The van der Waals surface area contributed by atoms with Crippen LogP contribution in [-0.4, -0.2) is 17.0 Å². The largest absolute Gasteiger partial charge is 0.478 e. The minimum absolute atomic E-state index is 0.0429. The lowest BCUT2D eigenvalue weighted by molar-refractivity contribution is -0.112. The van der Waals surface area contributed by atoms with E-state index in [1.165, 1.54) is 36.6 Å². The fourth-order valence-corrected chi connectivity index (χ4v) is 1.59. The summed E-state index contributed by atoms with van der Waals surface area (Å²) in [6.45, 7) is 0. The third-order valence-corrected chi connectivity index (χ3v) is 2.56. The van der Waals surface area contributed by atoms with Crippen LogP contribution in [-0.2, 0) is 4.79 Å². The average Bonchev–Trinajstić information content (AvgIpc) is 2.97. The van der Waals surface area contributed by atoms with Gasteiger partial charge in [0.05, 0.1) is 11.8 Å². The normalized spacial score (nSPS) is 10.7. The van der Waals surface area contributed by atoms with E-state index in [1.54, 1.807) is 18.2 Å². The first kappa shape index (κ1) is 14.1. The van der Waals surface area contributed by atoms with E-state index in [0.29, 0.717) is 11.4 Å². The Morgan fingerprint density at radius 3 is 2.71 bits per heavy atom. The van der Waals surface area contributed by atoms with Gasteiger partial charge in [-0.3, -0.25) is 4.79 Å². The molecular formula is C15H10N2O4. The SMILES string of the molecule is N#CC(=Cc1ccco1)C(=O)Nc1cccc(C(=O)O)c1. The molecule has 0 aliphatic rings. The Morgan fingerprint density at radius 1 is 1.29 bits per heavy atom. The minimum atomic E-state index is -1.10. The van der Waals surface area contributed by atoms with Crippen molar-refractivity contribution in [2.45, 2.75) is 0 Å². The fourth-order valence-electron chi connectivity index (χ4n) is 1.59. The number of carboxylic acid groups (broad SMARTS) is 1. The molecule has 1 amide bonds. The van der Waals surface area contributed by atoms with Crippen LogP contribution in [0.4, 0.5) is 5.69 Å². The number of nitriles is 1. The topological polar surface area (TPSA) is 103 Å². The number of hydrogen-bond donors (Lipinski definition) is 2. The van der Waals surface area contributed by atoms with E-state index in [2.05, 4.69) is 5.32 Å². The van der Waals surface area contributed by atoms with Crippen LogP contribution in [0.3, 0.4) is 0 Å². The van der Waals surface area contributed by atoms with Crippen LogP contribution in [0, 0.1) is 11.3 Å². The van der Waals surface area contributed by atoms with Gasteiger partial charge in [0.1, 0.15) is 17.4 Å². The second-order valence-corrected chi connectivity index (χ2v) is 4.03. The van der Waals surface area contributed by atoms with Gasteiger partial charge in [-0.25, -0.2) is 4.79 Å². The van der Waals surface area contributed by atoms with Crippen molar-refractivity contribution in [1.82, 2.24) is 0 Å². The van der Waals surface area contributed by atoms with Crippen LogP contribution in [0.25, 0.3) is 6.08 Å². The Bertz CT molecular complexity index is 739. The molecular weight excluding hydrogens is 272 g/mol. The molecule has 1 heterocycles. The monoisotopic (exact) mass is 282 g/mol. The van der Waals surface area contributed by atoms with E-state index in [0.717, 1.165) is 0 Å². The van der Waals surface area contributed by atoms with Crippen molar-refractivity contribution in [1.29, 1.82) is 5.26 Å². The lowest BCUT2D eigenvalue weighted by atomic mass is 10.2. The zero-order valence-corrected chi connectivity index (χ0v) is 10.7. The molecule has 104 valence electrons. The van der Waals surface area contributed by atoms with Crippen LogP contribution in [0.2, 0.25) is 0 Å². The molecule has 2 rings (SSSR count). The predicted molar refractivity (Wildman–Crippen MR) is 74.3 cm³/mol. The third-order valence-electron chi connectivity index (χ3n) is 2.56. The number of benzene rings is 1. The number of nitrogens with one attached hydrogen (secondary N) is 1. The number of rotatable bonds is 4. The van der Waals surface area contributed by atoms with Crippen LogP contribution in [0.15, 0.2) is 52.7 Å². The van der Waals surface area contributed by atoms with Gasteiger partial charge in [-0.15, -0.1) is 0 Å². The standard InChI is InChI=1S/C15H10N2O4/c16-9-11(8-13-5-2-6-21-13)14(18)17-12-4-1-3-10(7-12)15(19)20/h1-8H,(H,17,18)(H,19,20). The molecule has 0 spiro atoms. The first-order chi connectivity index (χ1) is 10.1. The van der Waals surface area contributed by atoms with Crippen molar-refractivity contribution in [3.63, 3.8) is 0 Å². The Morgan fingerprint density at radius 2 is 2.10 bits per heavy atom. The van der Waals surface area contributed by atoms with Crippen LogP contribution < -0.4 is 5.32 Å². The number of hydrogen-bond acceptors (Lipinski definition) is 4. The summed E-state index contributed by atoms with van der Waals surface area (Å²) in [5.74, 6) is -1.37. The first-order valence-corrected chi connectivity index (χ1v) is 5.90. The number of carbonyl (C=O) groups excluding carboxylic acids is 1. The molecule has 2 N–H and O–H groups in total. The Labute approximate surface area is 119 Å². The highest BCUT2D eigenvalue weighted by molar-refractivity contribution is 6.09. The van der Waals surface area contributed by atoms with Crippen molar-refractivity contribution >= 4 is 23.6 Å². The molecule has 0 bridgehead atoms. The third kappa shape index (κ3) is 3.58. The molecule has 6 heteroatoms. The maximum atomic E-state index is 12.0. The molecule has 0 atom stereocenters. The van der Waals surface area contributed by atoms with E-state index >= 15 is 0 Å². The molecule has 0 aliphatic heterocycles. The number of aromatic carboxylic acids is 1. The smallest absolute Gasteiger partial charge is 0.335 e. The van der Waals surface area contributed by atoms with Gasteiger partial charge in [0, 0.05) is 11.8 Å². The van der Waals surface area contributed by atoms with Crippen LogP contribution in [0.5, 0.6) is 0 Å². The Kier molecular flexibility index (Phi) is 4.17. The molecule has 1 aromatic carbocycles. The van der Waals surface area contributed by atoms with E-state index in [4.69, 9.17) is 14.8 Å². The van der Waals surface area contributed by atoms with Gasteiger partial charge in [0.15, 0.2) is 0 Å². The Hall–Kier alpha value is -3.33. The van der Waals surface area contributed by atoms with Crippen LogP contribution >= 0.6 is 0 Å². The second kappa shape index (κ2) is 6.21. The molecule has 0 fully saturated rings. The van der Waals surface area contributed by atoms with E-state index in [1.807, 2.05) is 0 Å². The van der Waals surface area contributed by atoms with E-state index < -0.39 is 11.9 Å². The Balaban J connectivity index is 2.19. The molecule has 0 radical (unpaired) electrons. The van der Waals surface area contributed by atoms with E-state index in [9.17, 15) is 9.59 Å². The van der Waals surface area contributed by atoms with Crippen molar-refractivity contribution in [2.24, 2.45) is 0 Å². The highest BCUT2D eigenvalue weighted by atomic mass is 16.4. The summed E-state index contributed by atoms with van der Waals surface area (Å²) in [7, 11) is 0. The average molecular weight is 282 g/mol. The van der Waals surface area contributed by atoms with Crippen molar-refractivity contribution < 1.29 is 19.1 Å². The number of nitrogens with zero attached hydrogens (tertiary/aromatic N) is 1. The molecule has 2 aromatic rings. The van der Waals surface area contributed by atoms with Crippen molar-refractivity contribution in [3.8, 4) is 6.07 Å². The number of amides is 1. The number of furan rings is 1. The summed E-state index contributed by atoms with van der Waals surface area (Å²) in [6.07, 6.45) is 2.73. The molecule has 6 nitrogen and oxygen atoms in total. The van der Waals surface area contributed by atoms with Gasteiger partial charge in [-0.1, -0.05) is 6.07 Å². The van der Waals surface area contributed by atoms with Gasteiger partial charge in [-0.05, 0) is 30.3 Å². The van der Waals surface area contributed by atoms with Gasteiger partial charge in [-0.2, -0.15) is 5.26 Å². The van der Waals surface area contributed by atoms with Gasteiger partial charge in [0.2, 0.25) is 0 Å². The van der Waals surface area contributed by atoms with Gasteiger partial charge < -0.3 is 14.8 Å². The highest BCUT2D eigenvalue weighted by Crippen LogP contribution is 2.13. The zero-order valence-electron chi connectivity index (χ0n) is 10.7. The highest BCUT2D eigenvalue weighted by Gasteiger charge is 2.11. The van der Waals surface area contributed by atoms with Gasteiger partial charge >= 0.3 is 5.97 Å². The fraction of sp³-hybridized carbons (Fsp3) is 0. The molecule has 0 saturated carbocycles. The molecule has 0 aliphatic carbocycles. The lowest BCUT2D eigenvalue weighted by Gasteiger charge is -2.04. The lowest BCUT2D eigenvalue weighted by Crippen LogP contribution is -2.13. The molecule has 0 unspecified atom stereocenters. The summed E-state index contributed by atoms with van der Waals surface area (Å²) in [5, 5.41) is 20.3. The van der Waals surface area contributed by atoms with E-state index in [-0.39, 0.29) is 11.1 Å². The summed E-state index contributed by atoms with van der Waals surface area (Å²) in [6, 6.07) is 10.8. The summed E-state index contributed by atoms with van der Waals surface area (Å²) >= 11 is 0.